The molecule has 0 N–H and O–H groups in total. The van der Waals surface area contributed by atoms with E-state index in [1.165, 1.54) is 11.8 Å². The summed E-state index contributed by atoms with van der Waals surface area (Å²) in [6.45, 7) is 4.45. The monoisotopic (exact) mass is 368 g/mol. The first-order chi connectivity index (χ1) is 12.7. The lowest BCUT2D eigenvalue weighted by molar-refractivity contribution is 0.101. The molecule has 0 fully saturated rings. The molecule has 1 heterocycles. The number of Topliss-reactive ketones (excluding diaryl/α,β-unsaturated/α-hetero) is 1. The van der Waals surface area contributed by atoms with E-state index in [2.05, 4.69) is 16.1 Å². The van der Waals surface area contributed by atoms with Crippen molar-refractivity contribution in [3.05, 3.63) is 60.7 Å². The van der Waals surface area contributed by atoms with Crippen molar-refractivity contribution in [1.29, 1.82) is 0 Å². The maximum Gasteiger partial charge on any atom is 0.176 e. The molecular weight excluding hydrogens is 348 g/mol. The summed E-state index contributed by atoms with van der Waals surface area (Å²) >= 11 is 1.41. The van der Waals surface area contributed by atoms with Crippen LogP contribution < -0.4 is 9.47 Å². The molecule has 0 aliphatic carbocycles. The molecule has 0 unspecified atom stereocenters. The highest BCUT2D eigenvalue weighted by molar-refractivity contribution is 7.99. The van der Waals surface area contributed by atoms with E-state index >= 15 is 0 Å². The molecule has 2 aromatic carbocycles. The van der Waals surface area contributed by atoms with Crippen molar-refractivity contribution in [2.75, 3.05) is 20.0 Å². The smallest absolute Gasteiger partial charge is 0.176 e. The van der Waals surface area contributed by atoms with Gasteiger partial charge in [0.15, 0.2) is 10.9 Å². The van der Waals surface area contributed by atoms with E-state index in [1.54, 1.807) is 32.4 Å². The third kappa shape index (κ3) is 3.60. The van der Waals surface area contributed by atoms with Crippen LogP contribution in [0.4, 0.5) is 0 Å². The summed E-state index contributed by atoms with van der Waals surface area (Å²) < 4.78 is 12.6. The Morgan fingerprint density at radius 2 is 2.04 bits per heavy atom. The summed E-state index contributed by atoms with van der Waals surface area (Å²) in [4.78, 5) is 17.3. The van der Waals surface area contributed by atoms with Crippen molar-refractivity contribution in [2.45, 2.75) is 11.7 Å². The SMILES string of the molecule is C=CCn1c(SCC(=O)c2ccc(OC)cc2OC)nc2ccccc21. The predicted octanol–water partition coefficient (Wildman–Crippen LogP) is 4.21. The average Bonchev–Trinajstić information content (AvgIpc) is 3.03. The second-order valence-electron chi connectivity index (χ2n) is 5.56. The first-order valence-corrected chi connectivity index (χ1v) is 9.10. The molecule has 0 spiro atoms. The molecule has 0 aliphatic heterocycles. The molecule has 3 rings (SSSR count). The van der Waals surface area contributed by atoms with Crippen LogP contribution in [0.25, 0.3) is 11.0 Å². The fourth-order valence-electron chi connectivity index (χ4n) is 2.71. The van der Waals surface area contributed by atoms with Crippen LogP contribution in [0.15, 0.2) is 60.3 Å². The molecule has 0 atom stereocenters. The van der Waals surface area contributed by atoms with Crippen LogP contribution in [-0.4, -0.2) is 35.3 Å². The average molecular weight is 368 g/mol. The topological polar surface area (TPSA) is 53.4 Å². The van der Waals surface area contributed by atoms with Gasteiger partial charge in [-0.2, -0.15) is 0 Å². The third-order valence-corrected chi connectivity index (χ3v) is 4.95. The van der Waals surface area contributed by atoms with Crippen LogP contribution in [0.5, 0.6) is 11.5 Å². The quantitative estimate of drug-likeness (QED) is 0.339. The summed E-state index contributed by atoms with van der Waals surface area (Å²) in [5.41, 5.74) is 2.47. The van der Waals surface area contributed by atoms with Gasteiger partial charge in [-0.25, -0.2) is 4.98 Å². The number of para-hydroxylation sites is 2. The van der Waals surface area contributed by atoms with Crippen LogP contribution in [0, 0.1) is 0 Å². The van der Waals surface area contributed by atoms with Gasteiger partial charge in [-0.1, -0.05) is 30.0 Å². The Balaban J connectivity index is 1.83. The van der Waals surface area contributed by atoms with E-state index in [1.807, 2.05) is 30.3 Å². The van der Waals surface area contributed by atoms with Gasteiger partial charge in [0, 0.05) is 12.6 Å². The second-order valence-corrected chi connectivity index (χ2v) is 6.50. The van der Waals surface area contributed by atoms with Crippen LogP contribution in [0.1, 0.15) is 10.4 Å². The highest BCUT2D eigenvalue weighted by atomic mass is 32.2. The van der Waals surface area contributed by atoms with Crippen LogP contribution in [-0.2, 0) is 6.54 Å². The van der Waals surface area contributed by atoms with E-state index < -0.39 is 0 Å². The zero-order valence-corrected chi connectivity index (χ0v) is 15.6. The van der Waals surface area contributed by atoms with Crippen LogP contribution in [0.2, 0.25) is 0 Å². The summed E-state index contributed by atoms with van der Waals surface area (Å²) in [6, 6.07) is 13.1. The number of nitrogens with zero attached hydrogens (tertiary/aromatic N) is 2. The number of imidazole rings is 1. The summed E-state index contributed by atoms with van der Waals surface area (Å²) in [7, 11) is 3.12. The van der Waals surface area contributed by atoms with E-state index in [4.69, 9.17) is 9.47 Å². The Hall–Kier alpha value is -2.73. The Morgan fingerprint density at radius 3 is 2.77 bits per heavy atom. The van der Waals surface area contributed by atoms with Gasteiger partial charge < -0.3 is 14.0 Å². The first kappa shape index (κ1) is 18.1. The number of aromatic nitrogens is 2. The van der Waals surface area contributed by atoms with Crippen molar-refractivity contribution in [3.63, 3.8) is 0 Å². The largest absolute Gasteiger partial charge is 0.497 e. The molecule has 0 saturated heterocycles. The number of ketones is 1. The lowest BCUT2D eigenvalue weighted by atomic mass is 10.1. The van der Waals surface area contributed by atoms with Gasteiger partial charge in [0.25, 0.3) is 0 Å². The number of hydrogen-bond acceptors (Lipinski definition) is 5. The number of fused-ring (bicyclic) bond motifs is 1. The van der Waals surface area contributed by atoms with Crippen LogP contribution >= 0.6 is 11.8 Å². The molecule has 6 heteroatoms. The van der Waals surface area contributed by atoms with E-state index in [9.17, 15) is 4.79 Å². The van der Waals surface area contributed by atoms with E-state index in [-0.39, 0.29) is 11.5 Å². The van der Waals surface area contributed by atoms with Crippen LogP contribution in [0.3, 0.4) is 0 Å². The maximum atomic E-state index is 12.7. The Morgan fingerprint density at radius 1 is 1.23 bits per heavy atom. The maximum absolute atomic E-state index is 12.7. The number of rotatable bonds is 8. The van der Waals surface area contributed by atoms with Gasteiger partial charge in [0.2, 0.25) is 0 Å². The summed E-state index contributed by atoms with van der Waals surface area (Å²) in [6.07, 6.45) is 1.83. The van der Waals surface area contributed by atoms with Gasteiger partial charge in [0.1, 0.15) is 11.5 Å². The highest BCUT2D eigenvalue weighted by Gasteiger charge is 2.16. The lowest BCUT2D eigenvalue weighted by Crippen LogP contribution is -2.07. The van der Waals surface area contributed by atoms with Gasteiger partial charge in [-0.05, 0) is 24.3 Å². The Labute approximate surface area is 156 Å². The highest BCUT2D eigenvalue weighted by Crippen LogP contribution is 2.28. The minimum Gasteiger partial charge on any atom is -0.497 e. The molecular formula is C20H20N2O3S. The molecule has 26 heavy (non-hydrogen) atoms. The number of carbonyl (C=O) groups excluding carboxylic acids is 1. The van der Waals surface area contributed by atoms with Crippen molar-refractivity contribution in [1.82, 2.24) is 9.55 Å². The van der Waals surface area contributed by atoms with E-state index in [0.29, 0.717) is 23.6 Å². The standard InChI is InChI=1S/C20H20N2O3S/c1-4-11-22-17-8-6-5-7-16(17)21-20(22)26-13-18(23)15-10-9-14(24-2)12-19(15)25-3/h4-10,12H,1,11,13H2,2-3H3. The minimum atomic E-state index is -0.0216. The molecule has 0 radical (unpaired) electrons. The molecule has 0 saturated carbocycles. The van der Waals surface area contributed by atoms with Crippen molar-refractivity contribution in [3.8, 4) is 11.5 Å². The summed E-state index contributed by atoms with van der Waals surface area (Å²) in [5, 5.41) is 0.798. The molecule has 3 aromatic rings. The zero-order chi connectivity index (χ0) is 18.5. The zero-order valence-electron chi connectivity index (χ0n) is 14.8. The number of benzene rings is 2. The lowest BCUT2D eigenvalue weighted by Gasteiger charge is -2.10. The second kappa shape index (κ2) is 8.10. The van der Waals surface area contributed by atoms with Gasteiger partial charge in [0.05, 0.1) is 36.6 Å². The number of thioether (sulfide) groups is 1. The minimum absolute atomic E-state index is 0.0216. The molecule has 134 valence electrons. The fourth-order valence-corrected chi connectivity index (χ4v) is 3.61. The molecule has 1 aromatic heterocycles. The van der Waals surface area contributed by atoms with Crippen molar-refractivity contribution < 1.29 is 14.3 Å². The molecule has 0 amide bonds. The Kier molecular flexibility index (Phi) is 5.63. The third-order valence-electron chi connectivity index (χ3n) is 3.97. The number of ether oxygens (including phenoxy) is 2. The normalized spacial score (nSPS) is 10.7. The number of methoxy groups -OCH3 is 2. The number of hydrogen-bond donors (Lipinski definition) is 0. The van der Waals surface area contributed by atoms with Gasteiger partial charge >= 0.3 is 0 Å². The molecule has 0 bridgehead atoms. The van der Waals surface area contributed by atoms with Crippen molar-refractivity contribution in [2.24, 2.45) is 0 Å². The van der Waals surface area contributed by atoms with Gasteiger partial charge in [-0.3, -0.25) is 4.79 Å². The van der Waals surface area contributed by atoms with Crippen molar-refractivity contribution >= 4 is 28.6 Å². The Bertz CT molecular complexity index is 949. The molecule has 5 nitrogen and oxygen atoms in total. The summed E-state index contributed by atoms with van der Waals surface area (Å²) in [5.74, 6) is 1.41. The number of allylic oxidation sites excluding steroid dienone is 1. The first-order valence-electron chi connectivity index (χ1n) is 8.12. The molecule has 0 aliphatic rings. The van der Waals surface area contributed by atoms with E-state index in [0.717, 1.165) is 16.2 Å². The fraction of sp³-hybridized carbons (Fsp3) is 0.200. The van der Waals surface area contributed by atoms with Gasteiger partial charge in [-0.15, -0.1) is 6.58 Å². The number of carbonyl (C=O) groups is 1. The predicted molar refractivity (Wildman–Crippen MR) is 105 cm³/mol.